The molecule has 2 aromatic heterocycles. The quantitative estimate of drug-likeness (QED) is 0.360. The van der Waals surface area contributed by atoms with Crippen molar-refractivity contribution in [1.29, 1.82) is 0 Å². The Kier molecular flexibility index (Phi) is 5.66. The van der Waals surface area contributed by atoms with Crippen molar-refractivity contribution in [1.82, 2.24) is 24.2 Å². The second-order valence-electron chi connectivity index (χ2n) is 7.90. The topological polar surface area (TPSA) is 56.0 Å². The minimum atomic E-state index is -0.163. The van der Waals surface area contributed by atoms with Gasteiger partial charge in [-0.25, -0.2) is 4.98 Å². The molecule has 162 valence electrons. The van der Waals surface area contributed by atoms with E-state index in [0.29, 0.717) is 18.8 Å². The highest BCUT2D eigenvalue weighted by Crippen LogP contribution is 2.44. The highest BCUT2D eigenvalue weighted by Gasteiger charge is 2.43. The molecule has 5 rings (SSSR count). The molecule has 0 N–H and O–H groups in total. The van der Waals surface area contributed by atoms with Gasteiger partial charge < -0.3 is 9.47 Å². The van der Waals surface area contributed by atoms with Crippen molar-refractivity contribution in [2.45, 2.75) is 32.5 Å². The Bertz CT molecular complexity index is 1220. The summed E-state index contributed by atoms with van der Waals surface area (Å²) in [6, 6.07) is 18.3. The van der Waals surface area contributed by atoms with Gasteiger partial charge in [-0.05, 0) is 31.0 Å². The van der Waals surface area contributed by atoms with E-state index < -0.39 is 0 Å². The Morgan fingerprint density at radius 1 is 1.03 bits per heavy atom. The Morgan fingerprint density at radius 2 is 1.81 bits per heavy atom. The lowest BCUT2D eigenvalue weighted by atomic mass is 9.96. The van der Waals surface area contributed by atoms with Crippen LogP contribution in [0.15, 0.2) is 77.8 Å². The van der Waals surface area contributed by atoms with E-state index in [-0.39, 0.29) is 11.9 Å². The lowest BCUT2D eigenvalue weighted by molar-refractivity contribution is 0.0734. The van der Waals surface area contributed by atoms with E-state index in [0.717, 1.165) is 39.8 Å². The summed E-state index contributed by atoms with van der Waals surface area (Å²) in [6.45, 7) is 4.16. The van der Waals surface area contributed by atoms with Crippen LogP contribution in [0, 0.1) is 0 Å². The lowest BCUT2D eigenvalue weighted by Crippen LogP contribution is -2.31. The molecule has 1 amide bonds. The van der Waals surface area contributed by atoms with Crippen molar-refractivity contribution in [2.75, 3.05) is 6.54 Å². The van der Waals surface area contributed by atoms with Gasteiger partial charge in [-0.2, -0.15) is 5.10 Å². The summed E-state index contributed by atoms with van der Waals surface area (Å²) in [5, 5.41) is 4.87. The number of carbonyl (C=O) groups is 1. The molecule has 1 atom stereocenters. The number of nitrogens with zero attached hydrogens (tertiary/aromatic N) is 5. The standard InChI is InChI=1S/C25H24BrN5O/c1-2-31-24-21(22(28-31)18-7-4-3-5-8-18)23(19-9-11-20(26)12-10-19)30(25(24)32)15-6-14-29-16-13-27-17-29/h3-5,7-13,16-17,23H,2,6,14-15H2,1H3. The highest BCUT2D eigenvalue weighted by atomic mass is 79.9. The number of rotatable bonds is 7. The molecule has 0 fully saturated rings. The van der Waals surface area contributed by atoms with Crippen molar-refractivity contribution in [3.05, 3.63) is 94.6 Å². The predicted octanol–water partition coefficient (Wildman–Crippen LogP) is 5.16. The largest absolute Gasteiger partial charge is 0.337 e. The number of hydrogen-bond donors (Lipinski definition) is 0. The maximum absolute atomic E-state index is 13.7. The molecule has 0 saturated carbocycles. The monoisotopic (exact) mass is 489 g/mol. The first kappa shape index (κ1) is 20.7. The third-order valence-electron chi connectivity index (χ3n) is 5.94. The van der Waals surface area contributed by atoms with Gasteiger partial charge >= 0.3 is 0 Å². The minimum absolute atomic E-state index is 0.0510. The average molecular weight is 490 g/mol. The van der Waals surface area contributed by atoms with Crippen molar-refractivity contribution in [2.24, 2.45) is 0 Å². The van der Waals surface area contributed by atoms with Crippen LogP contribution in [0.25, 0.3) is 11.3 Å². The van der Waals surface area contributed by atoms with Crippen molar-refractivity contribution in [3.8, 4) is 11.3 Å². The SMILES string of the molecule is CCn1nc(-c2ccccc2)c2c1C(=O)N(CCCn1ccnc1)C2c1ccc(Br)cc1. The number of aromatic nitrogens is 4. The molecule has 1 aliphatic rings. The normalized spacial score (nSPS) is 15.4. The zero-order valence-corrected chi connectivity index (χ0v) is 19.4. The number of imidazole rings is 1. The lowest BCUT2D eigenvalue weighted by Gasteiger charge is -2.26. The first-order valence-corrected chi connectivity index (χ1v) is 11.6. The number of aryl methyl sites for hydroxylation is 2. The van der Waals surface area contributed by atoms with Gasteiger partial charge in [0.1, 0.15) is 5.69 Å². The van der Waals surface area contributed by atoms with Gasteiger partial charge in [0, 0.05) is 47.6 Å². The molecule has 2 aromatic carbocycles. The van der Waals surface area contributed by atoms with Crippen LogP contribution in [0.2, 0.25) is 0 Å². The molecule has 0 saturated heterocycles. The van der Waals surface area contributed by atoms with E-state index in [9.17, 15) is 4.79 Å². The van der Waals surface area contributed by atoms with Gasteiger partial charge in [0.2, 0.25) is 0 Å². The average Bonchev–Trinajstić information content (AvgIpc) is 3.53. The maximum atomic E-state index is 13.7. The summed E-state index contributed by atoms with van der Waals surface area (Å²) < 4.78 is 4.93. The van der Waals surface area contributed by atoms with Gasteiger partial charge in [-0.15, -0.1) is 0 Å². The van der Waals surface area contributed by atoms with Gasteiger partial charge in [0.25, 0.3) is 5.91 Å². The number of benzene rings is 2. The van der Waals surface area contributed by atoms with Crippen LogP contribution in [-0.4, -0.2) is 36.7 Å². The number of amides is 1. The molecule has 0 aliphatic carbocycles. The van der Waals surface area contributed by atoms with E-state index in [4.69, 9.17) is 5.10 Å². The summed E-state index contributed by atoms with van der Waals surface area (Å²) in [5.41, 5.74) is 4.73. The molecule has 0 radical (unpaired) electrons. The van der Waals surface area contributed by atoms with Gasteiger partial charge in [-0.3, -0.25) is 9.48 Å². The Hall–Kier alpha value is -3.19. The second kappa shape index (κ2) is 8.74. The van der Waals surface area contributed by atoms with E-state index in [2.05, 4.69) is 45.2 Å². The van der Waals surface area contributed by atoms with Crippen molar-refractivity contribution < 1.29 is 4.79 Å². The van der Waals surface area contributed by atoms with Crippen LogP contribution in [0.3, 0.4) is 0 Å². The van der Waals surface area contributed by atoms with Crippen molar-refractivity contribution in [3.63, 3.8) is 0 Å². The molecular weight excluding hydrogens is 466 g/mol. The van der Waals surface area contributed by atoms with Crippen LogP contribution in [-0.2, 0) is 13.1 Å². The number of carbonyl (C=O) groups excluding carboxylic acids is 1. The van der Waals surface area contributed by atoms with E-state index in [1.54, 1.807) is 6.20 Å². The zero-order chi connectivity index (χ0) is 22.1. The summed E-state index contributed by atoms with van der Waals surface area (Å²) in [5.74, 6) is 0.0510. The van der Waals surface area contributed by atoms with Crippen LogP contribution in [0.5, 0.6) is 0 Å². The zero-order valence-electron chi connectivity index (χ0n) is 17.9. The molecule has 32 heavy (non-hydrogen) atoms. The third kappa shape index (κ3) is 3.66. The summed E-state index contributed by atoms with van der Waals surface area (Å²) in [4.78, 5) is 19.8. The molecule has 3 heterocycles. The molecule has 0 bridgehead atoms. The van der Waals surface area contributed by atoms with Crippen LogP contribution in [0.4, 0.5) is 0 Å². The minimum Gasteiger partial charge on any atom is -0.337 e. The van der Waals surface area contributed by atoms with Crippen molar-refractivity contribution >= 4 is 21.8 Å². The smallest absolute Gasteiger partial charge is 0.273 e. The Balaban J connectivity index is 1.58. The fourth-order valence-corrected chi connectivity index (χ4v) is 4.74. The summed E-state index contributed by atoms with van der Waals surface area (Å²) in [7, 11) is 0. The van der Waals surface area contributed by atoms with Gasteiger partial charge in [-0.1, -0.05) is 58.4 Å². The highest BCUT2D eigenvalue weighted by molar-refractivity contribution is 9.10. The Labute approximate surface area is 195 Å². The number of fused-ring (bicyclic) bond motifs is 1. The number of halogens is 1. The van der Waals surface area contributed by atoms with E-state index >= 15 is 0 Å². The summed E-state index contributed by atoms with van der Waals surface area (Å²) in [6.07, 6.45) is 6.40. The van der Waals surface area contributed by atoms with E-state index in [1.165, 1.54) is 0 Å². The molecule has 1 aliphatic heterocycles. The molecule has 7 heteroatoms. The maximum Gasteiger partial charge on any atom is 0.273 e. The molecular formula is C25H24BrN5O. The predicted molar refractivity (Wildman–Crippen MR) is 127 cm³/mol. The van der Waals surface area contributed by atoms with Crippen LogP contribution >= 0.6 is 15.9 Å². The third-order valence-corrected chi connectivity index (χ3v) is 6.47. The van der Waals surface area contributed by atoms with Crippen LogP contribution in [0.1, 0.15) is 41.0 Å². The first-order valence-electron chi connectivity index (χ1n) is 10.9. The molecule has 0 spiro atoms. The van der Waals surface area contributed by atoms with Gasteiger partial charge in [0.15, 0.2) is 0 Å². The summed E-state index contributed by atoms with van der Waals surface area (Å²) >= 11 is 3.54. The second-order valence-corrected chi connectivity index (χ2v) is 8.82. The fourth-order valence-electron chi connectivity index (χ4n) is 4.47. The Morgan fingerprint density at radius 3 is 2.50 bits per heavy atom. The first-order chi connectivity index (χ1) is 15.7. The molecule has 4 aromatic rings. The van der Waals surface area contributed by atoms with E-state index in [1.807, 2.05) is 63.9 Å². The van der Waals surface area contributed by atoms with Gasteiger partial charge in [0.05, 0.1) is 18.1 Å². The molecule has 1 unspecified atom stereocenters. The molecule has 6 nitrogen and oxygen atoms in total. The fraction of sp³-hybridized carbons (Fsp3) is 0.240. The number of hydrogen-bond acceptors (Lipinski definition) is 3. The van der Waals surface area contributed by atoms with Crippen LogP contribution < -0.4 is 0 Å².